The maximum absolute atomic E-state index is 2.42. The second kappa shape index (κ2) is 15.4. The number of rotatable bonds is 8. The highest BCUT2D eigenvalue weighted by Gasteiger charge is 2.36. The van der Waals surface area contributed by atoms with Gasteiger partial charge in [0.1, 0.15) is 0 Å². The number of nitrogens with zero attached hydrogens (tertiary/aromatic N) is 1. The predicted molar refractivity (Wildman–Crippen MR) is 263 cm³/mol. The third-order valence-electron chi connectivity index (χ3n) is 12.9. The van der Waals surface area contributed by atoms with Crippen LogP contribution in [0.1, 0.15) is 25.0 Å². The first kappa shape index (κ1) is 37.3. The molecule has 0 amide bonds. The molecule has 0 aliphatic heterocycles. The average Bonchev–Trinajstić information content (AvgIpc) is 3.58. The molecular weight excluding hydrogens is 747 g/mol. The number of hydrogen-bond donors (Lipinski definition) is 0. The Kier molecular flexibility index (Phi) is 9.24. The fourth-order valence-electron chi connectivity index (χ4n) is 9.74. The second-order valence-electron chi connectivity index (χ2n) is 16.9. The molecular formula is C61H45N. The van der Waals surface area contributed by atoms with Gasteiger partial charge in [0.05, 0.1) is 5.69 Å². The lowest BCUT2D eigenvalue weighted by Crippen LogP contribution is -2.14. The Balaban J connectivity index is 1.01. The molecule has 0 heterocycles. The van der Waals surface area contributed by atoms with E-state index in [1.807, 2.05) is 0 Å². The first-order valence-corrected chi connectivity index (χ1v) is 21.6. The fraction of sp³-hybridized carbons (Fsp3) is 0.0492. The molecule has 0 unspecified atom stereocenters. The molecule has 0 N–H and O–H groups in total. The van der Waals surface area contributed by atoms with E-state index in [2.05, 4.69) is 255 Å². The smallest absolute Gasteiger partial charge is 0.0540 e. The standard InChI is InChI=1S/C61H45N/c1-61(2)57-26-10-8-23-56(57)60-55(25-14-27-58(60)61)48-37-39-50(40-38-48)62(59-28-11-9-22-54(59)47-35-29-43(30-36-47)42-15-4-3-5-16-42)51-20-12-19-49(41-51)44-31-33-46(34-32-44)53-24-13-18-45-17-6-7-21-52(45)53/h3-41H,1-2H3. The van der Waals surface area contributed by atoms with Crippen molar-refractivity contribution in [1.29, 1.82) is 0 Å². The molecule has 1 aliphatic carbocycles. The normalized spacial score (nSPS) is 12.5. The Morgan fingerprint density at radius 1 is 0.306 bits per heavy atom. The van der Waals surface area contributed by atoms with Gasteiger partial charge in [-0.15, -0.1) is 0 Å². The Labute approximate surface area is 364 Å². The Morgan fingerprint density at radius 3 is 1.58 bits per heavy atom. The Hall–Kier alpha value is -7.74. The Morgan fingerprint density at radius 2 is 0.790 bits per heavy atom. The van der Waals surface area contributed by atoms with Crippen LogP contribution >= 0.6 is 0 Å². The van der Waals surface area contributed by atoms with Crippen molar-refractivity contribution in [2.45, 2.75) is 19.3 Å². The maximum atomic E-state index is 2.42. The van der Waals surface area contributed by atoms with Crippen LogP contribution < -0.4 is 4.90 Å². The Bertz CT molecular complexity index is 3220. The monoisotopic (exact) mass is 791 g/mol. The van der Waals surface area contributed by atoms with Crippen molar-refractivity contribution in [2.24, 2.45) is 0 Å². The van der Waals surface area contributed by atoms with Crippen molar-refractivity contribution in [2.75, 3.05) is 4.90 Å². The van der Waals surface area contributed by atoms with Crippen LogP contribution in [-0.2, 0) is 5.41 Å². The first-order chi connectivity index (χ1) is 30.5. The van der Waals surface area contributed by atoms with Crippen LogP contribution in [0.25, 0.3) is 77.5 Å². The summed E-state index contributed by atoms with van der Waals surface area (Å²) in [6.45, 7) is 4.70. The molecule has 1 aliphatic rings. The van der Waals surface area contributed by atoms with Gasteiger partial charge in [0.2, 0.25) is 0 Å². The van der Waals surface area contributed by atoms with Gasteiger partial charge in [-0.2, -0.15) is 0 Å². The highest BCUT2D eigenvalue weighted by Crippen LogP contribution is 2.52. The maximum Gasteiger partial charge on any atom is 0.0540 e. The molecule has 0 saturated heterocycles. The van der Waals surface area contributed by atoms with Gasteiger partial charge in [-0.05, 0) is 113 Å². The van der Waals surface area contributed by atoms with Crippen molar-refractivity contribution in [3.8, 4) is 66.8 Å². The van der Waals surface area contributed by atoms with Crippen LogP contribution in [0.2, 0.25) is 0 Å². The topological polar surface area (TPSA) is 3.24 Å². The van der Waals surface area contributed by atoms with E-state index >= 15 is 0 Å². The molecule has 1 heteroatoms. The van der Waals surface area contributed by atoms with E-state index in [9.17, 15) is 0 Å². The molecule has 0 fully saturated rings. The molecule has 294 valence electrons. The number of anilines is 3. The molecule has 0 spiro atoms. The van der Waals surface area contributed by atoms with E-state index in [0.29, 0.717) is 0 Å². The summed E-state index contributed by atoms with van der Waals surface area (Å²) in [6, 6.07) is 86.5. The number of para-hydroxylation sites is 1. The second-order valence-corrected chi connectivity index (χ2v) is 16.9. The molecule has 11 rings (SSSR count). The van der Waals surface area contributed by atoms with Crippen molar-refractivity contribution in [3.63, 3.8) is 0 Å². The van der Waals surface area contributed by atoms with Gasteiger partial charge in [-0.25, -0.2) is 0 Å². The molecule has 0 aromatic heterocycles. The largest absolute Gasteiger partial charge is 0.310 e. The molecule has 0 bridgehead atoms. The molecule has 10 aromatic rings. The van der Waals surface area contributed by atoms with Gasteiger partial charge >= 0.3 is 0 Å². The van der Waals surface area contributed by atoms with Crippen molar-refractivity contribution in [1.82, 2.24) is 0 Å². The minimum atomic E-state index is -0.0526. The van der Waals surface area contributed by atoms with Crippen molar-refractivity contribution >= 4 is 27.8 Å². The summed E-state index contributed by atoms with van der Waals surface area (Å²) in [5.74, 6) is 0. The van der Waals surface area contributed by atoms with Gasteiger partial charge < -0.3 is 4.90 Å². The van der Waals surface area contributed by atoms with Gasteiger partial charge in [-0.3, -0.25) is 0 Å². The summed E-state index contributed by atoms with van der Waals surface area (Å²) >= 11 is 0. The van der Waals surface area contributed by atoms with E-state index < -0.39 is 0 Å². The summed E-state index contributed by atoms with van der Waals surface area (Å²) in [5, 5.41) is 2.52. The van der Waals surface area contributed by atoms with Crippen molar-refractivity contribution < 1.29 is 0 Å². The van der Waals surface area contributed by atoms with E-state index in [1.165, 1.54) is 88.7 Å². The van der Waals surface area contributed by atoms with E-state index in [4.69, 9.17) is 0 Å². The SMILES string of the molecule is CC1(C)c2ccccc2-c2c(-c3ccc(N(c4cccc(-c5ccc(-c6cccc7ccccc67)cc5)c4)c4ccccc4-c4ccc(-c5ccccc5)cc4)cc3)cccc21. The average molecular weight is 792 g/mol. The number of fused-ring (bicyclic) bond motifs is 4. The summed E-state index contributed by atoms with van der Waals surface area (Å²) in [6.07, 6.45) is 0. The molecule has 0 atom stereocenters. The van der Waals surface area contributed by atoms with Gasteiger partial charge in [0, 0.05) is 22.4 Å². The lowest BCUT2D eigenvalue weighted by atomic mass is 9.82. The minimum Gasteiger partial charge on any atom is -0.310 e. The minimum absolute atomic E-state index is 0.0526. The lowest BCUT2D eigenvalue weighted by molar-refractivity contribution is 0.660. The molecule has 10 aromatic carbocycles. The predicted octanol–water partition coefficient (Wildman–Crippen LogP) is 17.0. The number of benzene rings is 10. The van der Waals surface area contributed by atoms with Gasteiger partial charge in [0.15, 0.2) is 0 Å². The van der Waals surface area contributed by atoms with Crippen LogP contribution in [0.3, 0.4) is 0 Å². The highest BCUT2D eigenvalue weighted by molar-refractivity contribution is 5.97. The van der Waals surface area contributed by atoms with Crippen LogP contribution in [0, 0.1) is 0 Å². The molecule has 62 heavy (non-hydrogen) atoms. The van der Waals surface area contributed by atoms with Gasteiger partial charge in [0.25, 0.3) is 0 Å². The van der Waals surface area contributed by atoms with Crippen LogP contribution in [-0.4, -0.2) is 0 Å². The van der Waals surface area contributed by atoms with E-state index in [-0.39, 0.29) is 5.41 Å². The fourth-order valence-corrected chi connectivity index (χ4v) is 9.74. The zero-order valence-electron chi connectivity index (χ0n) is 35.0. The summed E-state index contributed by atoms with van der Waals surface area (Å²) < 4.78 is 0. The molecule has 1 nitrogen and oxygen atoms in total. The zero-order chi connectivity index (χ0) is 41.6. The third kappa shape index (κ3) is 6.51. The lowest BCUT2D eigenvalue weighted by Gasteiger charge is -2.28. The summed E-state index contributed by atoms with van der Waals surface area (Å²) in [4.78, 5) is 2.42. The highest BCUT2D eigenvalue weighted by atomic mass is 15.1. The van der Waals surface area contributed by atoms with Crippen LogP contribution in [0.15, 0.2) is 237 Å². The van der Waals surface area contributed by atoms with E-state index in [0.717, 1.165) is 17.1 Å². The van der Waals surface area contributed by atoms with Gasteiger partial charge in [-0.1, -0.05) is 220 Å². The van der Waals surface area contributed by atoms with Crippen LogP contribution in [0.5, 0.6) is 0 Å². The zero-order valence-corrected chi connectivity index (χ0v) is 35.0. The van der Waals surface area contributed by atoms with Crippen molar-refractivity contribution in [3.05, 3.63) is 248 Å². The van der Waals surface area contributed by atoms with E-state index in [1.54, 1.807) is 0 Å². The quantitative estimate of drug-likeness (QED) is 0.148. The van der Waals surface area contributed by atoms with Crippen LogP contribution in [0.4, 0.5) is 17.1 Å². The third-order valence-corrected chi connectivity index (χ3v) is 12.9. The summed E-state index contributed by atoms with van der Waals surface area (Å²) in [7, 11) is 0. The first-order valence-electron chi connectivity index (χ1n) is 21.6. The number of hydrogen-bond acceptors (Lipinski definition) is 1. The summed E-state index contributed by atoms with van der Waals surface area (Å²) in [5.41, 5.74) is 20.8. The molecule has 0 saturated carbocycles. The molecule has 0 radical (unpaired) electrons.